The Hall–Kier alpha value is 0.0496. The number of hydrogen-bond acceptors (Lipinski definition) is 2. The molecule has 0 aliphatic carbocycles. The van der Waals surface area contributed by atoms with E-state index in [2.05, 4.69) is 4.74 Å². The fourth-order valence-electron chi connectivity index (χ4n) is 0.506. The number of hydrogen-bond donors (Lipinski definition) is 0. The molecule has 0 aromatic heterocycles. The summed E-state index contributed by atoms with van der Waals surface area (Å²) in [4.78, 5) is 10.4. The zero-order valence-electron chi connectivity index (χ0n) is 6.48. The van der Waals surface area contributed by atoms with Gasteiger partial charge in [-0.3, -0.25) is 0 Å². The van der Waals surface area contributed by atoms with Crippen molar-refractivity contribution in [3.8, 4) is 0 Å². The molecule has 0 aromatic carbocycles. The van der Waals surface area contributed by atoms with Crippen LogP contribution in [0.15, 0.2) is 0 Å². The molecule has 0 fully saturated rings. The van der Waals surface area contributed by atoms with Crippen molar-refractivity contribution < 1.29 is 22.7 Å². The molecule has 0 radical (unpaired) electrons. The Balaban J connectivity index is 3.28. The van der Waals surface area contributed by atoms with Gasteiger partial charge in [0, 0.05) is 0 Å². The molecule has 0 heterocycles. The molecular formula is C6H9F3O2Te. The van der Waals surface area contributed by atoms with E-state index in [4.69, 9.17) is 0 Å². The van der Waals surface area contributed by atoms with Crippen LogP contribution in [0.4, 0.5) is 13.2 Å². The summed E-state index contributed by atoms with van der Waals surface area (Å²) in [5.41, 5.74) is 0. The predicted octanol–water partition coefficient (Wildman–Crippen LogP) is 1.58. The first kappa shape index (κ1) is 12.0. The molecule has 2 nitrogen and oxygen atoms in total. The molecule has 0 aliphatic rings. The van der Waals surface area contributed by atoms with Crippen molar-refractivity contribution in [3.05, 3.63) is 0 Å². The van der Waals surface area contributed by atoms with E-state index in [1.54, 1.807) is 0 Å². The molecule has 0 spiro atoms. The molecular weight excluding hydrogens is 289 g/mol. The molecule has 0 unspecified atom stereocenters. The molecule has 0 amide bonds. The molecule has 0 bridgehead atoms. The van der Waals surface area contributed by atoms with E-state index >= 15 is 0 Å². The van der Waals surface area contributed by atoms with E-state index in [0.717, 1.165) is 0 Å². The van der Waals surface area contributed by atoms with Crippen molar-refractivity contribution in [2.75, 3.05) is 7.11 Å². The third kappa shape index (κ3) is 8.15. The Kier molecular flexibility index (Phi) is 5.68. The summed E-state index contributed by atoms with van der Waals surface area (Å²) in [6, 6.07) is 0. The van der Waals surface area contributed by atoms with Gasteiger partial charge in [0.1, 0.15) is 0 Å². The minimum absolute atomic E-state index is 0.0946. The maximum absolute atomic E-state index is 11.6. The fraction of sp³-hybridized carbons (Fsp3) is 0.833. The third-order valence-corrected chi connectivity index (χ3v) is 3.36. The van der Waals surface area contributed by atoms with Crippen molar-refractivity contribution >= 4 is 26.9 Å². The Bertz CT molecular complexity index is 146. The van der Waals surface area contributed by atoms with Crippen LogP contribution in [0.1, 0.15) is 12.8 Å². The zero-order chi connectivity index (χ0) is 9.61. The van der Waals surface area contributed by atoms with E-state index in [1.807, 2.05) is 0 Å². The number of rotatable bonds is 4. The SMILES string of the molecule is COC(=O)CCC[Te]C(F)(F)F. The number of ether oxygens (including phenoxy) is 1. The van der Waals surface area contributed by atoms with Gasteiger partial charge in [0.25, 0.3) is 0 Å². The number of alkyl halides is 3. The van der Waals surface area contributed by atoms with E-state index in [1.165, 1.54) is 7.11 Å². The Labute approximate surface area is 78.5 Å². The van der Waals surface area contributed by atoms with Gasteiger partial charge >= 0.3 is 78.2 Å². The fourth-order valence-corrected chi connectivity index (χ4v) is 1.99. The normalized spacial score (nSPS) is 11.3. The topological polar surface area (TPSA) is 26.3 Å². The maximum atomic E-state index is 11.6. The van der Waals surface area contributed by atoms with Gasteiger partial charge in [-0.05, 0) is 0 Å². The van der Waals surface area contributed by atoms with Crippen molar-refractivity contribution in [2.24, 2.45) is 0 Å². The molecule has 0 saturated carbocycles. The first-order valence-electron chi connectivity index (χ1n) is 3.23. The molecule has 0 aromatic rings. The number of carbonyl (C=O) groups excluding carboxylic acids is 1. The van der Waals surface area contributed by atoms with E-state index < -0.39 is 31.1 Å². The van der Waals surface area contributed by atoms with Crippen LogP contribution in [-0.2, 0) is 9.53 Å². The molecule has 0 atom stereocenters. The Morgan fingerprint density at radius 3 is 2.50 bits per heavy atom. The van der Waals surface area contributed by atoms with Crippen molar-refractivity contribution in [2.45, 2.75) is 21.5 Å². The van der Waals surface area contributed by atoms with Crippen LogP contribution in [0.3, 0.4) is 0 Å². The van der Waals surface area contributed by atoms with Gasteiger partial charge in [0.15, 0.2) is 0 Å². The number of methoxy groups -OCH3 is 1. The number of carbonyl (C=O) groups is 1. The van der Waals surface area contributed by atoms with Gasteiger partial charge in [0.05, 0.1) is 0 Å². The summed E-state index contributed by atoms with van der Waals surface area (Å²) in [6.07, 6.45) is 0.381. The van der Waals surface area contributed by atoms with Gasteiger partial charge in [-0.1, -0.05) is 0 Å². The Morgan fingerprint density at radius 2 is 2.08 bits per heavy atom. The van der Waals surface area contributed by atoms with Crippen LogP contribution >= 0.6 is 0 Å². The molecule has 0 saturated heterocycles. The predicted molar refractivity (Wildman–Crippen MR) is 37.9 cm³/mol. The standard InChI is InChI=1S/C6H9F3O2Te/c1-11-5(10)3-2-4-12-6(7,8)9/h2-4H2,1H3. The second kappa shape index (κ2) is 5.65. The van der Waals surface area contributed by atoms with Gasteiger partial charge < -0.3 is 0 Å². The molecule has 12 heavy (non-hydrogen) atoms. The van der Waals surface area contributed by atoms with Crippen LogP contribution in [-0.4, -0.2) is 38.2 Å². The first-order valence-corrected chi connectivity index (χ1v) is 6.04. The minimum atomic E-state index is -3.98. The summed E-state index contributed by atoms with van der Waals surface area (Å²) in [5.74, 6) is -0.440. The average molecular weight is 298 g/mol. The van der Waals surface area contributed by atoms with Crippen molar-refractivity contribution in [1.29, 1.82) is 0 Å². The van der Waals surface area contributed by atoms with Crippen LogP contribution in [0.5, 0.6) is 0 Å². The van der Waals surface area contributed by atoms with E-state index in [9.17, 15) is 18.0 Å². The van der Waals surface area contributed by atoms with Crippen molar-refractivity contribution in [1.82, 2.24) is 0 Å². The van der Waals surface area contributed by atoms with E-state index in [0.29, 0.717) is 0 Å². The zero-order valence-corrected chi connectivity index (χ0v) is 8.81. The van der Waals surface area contributed by atoms with Crippen LogP contribution in [0.2, 0.25) is 4.47 Å². The molecule has 0 aliphatic heterocycles. The number of halogens is 3. The third-order valence-electron chi connectivity index (χ3n) is 1.02. The van der Waals surface area contributed by atoms with Crippen LogP contribution < -0.4 is 0 Å². The van der Waals surface area contributed by atoms with Gasteiger partial charge in [-0.2, -0.15) is 0 Å². The quantitative estimate of drug-likeness (QED) is 0.447. The molecule has 72 valence electrons. The summed E-state index contributed by atoms with van der Waals surface area (Å²) >= 11 is -1.93. The van der Waals surface area contributed by atoms with Crippen molar-refractivity contribution in [3.63, 3.8) is 0 Å². The first-order chi connectivity index (χ1) is 5.45. The van der Waals surface area contributed by atoms with Gasteiger partial charge in [0.2, 0.25) is 0 Å². The molecule has 0 rings (SSSR count). The average Bonchev–Trinajstić information content (AvgIpc) is 1.96. The summed E-state index contributed by atoms with van der Waals surface area (Å²) in [5, 5.41) is 0. The summed E-state index contributed by atoms with van der Waals surface area (Å²) < 4.78 is 35.2. The molecule has 0 N–H and O–H groups in total. The van der Waals surface area contributed by atoms with Gasteiger partial charge in [-0.15, -0.1) is 0 Å². The second-order valence-corrected chi connectivity index (χ2v) is 5.28. The van der Waals surface area contributed by atoms with Gasteiger partial charge in [-0.25, -0.2) is 0 Å². The number of esters is 1. The summed E-state index contributed by atoms with van der Waals surface area (Å²) in [6.45, 7) is 0. The van der Waals surface area contributed by atoms with Crippen LogP contribution in [0, 0.1) is 0 Å². The van der Waals surface area contributed by atoms with Crippen LogP contribution in [0.25, 0.3) is 0 Å². The second-order valence-electron chi connectivity index (χ2n) is 1.97. The molecule has 6 heteroatoms. The monoisotopic (exact) mass is 300 g/mol. The van der Waals surface area contributed by atoms with E-state index in [-0.39, 0.29) is 17.3 Å². The summed E-state index contributed by atoms with van der Waals surface area (Å²) in [7, 11) is 1.22. The Morgan fingerprint density at radius 1 is 1.50 bits per heavy atom.